The third-order valence-electron chi connectivity index (χ3n) is 14.8. The van der Waals surface area contributed by atoms with E-state index in [2.05, 4.69) is 19.2 Å². The van der Waals surface area contributed by atoms with E-state index in [9.17, 15) is 19.8 Å². The smallest absolute Gasteiger partial charge is 0.305 e. The number of aliphatic hydroxyl groups is 2. The number of carbonyl (C=O) groups excluding carboxylic acids is 2. The summed E-state index contributed by atoms with van der Waals surface area (Å²) < 4.78 is 5.48. The summed E-state index contributed by atoms with van der Waals surface area (Å²) in [4.78, 5) is 24.5. The van der Waals surface area contributed by atoms with Gasteiger partial charge in [0, 0.05) is 12.8 Å². The molecule has 3 N–H and O–H groups in total. The molecule has 69 heavy (non-hydrogen) atoms. The number of nitrogens with one attached hydrogen (secondary N) is 1. The highest BCUT2D eigenvalue weighted by atomic mass is 16.5. The van der Waals surface area contributed by atoms with Crippen molar-refractivity contribution in [1.29, 1.82) is 0 Å². The summed E-state index contributed by atoms with van der Waals surface area (Å²) in [5, 5.41) is 23.2. The molecular formula is C63H123NO5. The monoisotopic (exact) mass is 974 g/mol. The summed E-state index contributed by atoms with van der Waals surface area (Å²) in [6.07, 6.45) is 71.1. The Morgan fingerprint density at radius 2 is 0.667 bits per heavy atom. The maximum Gasteiger partial charge on any atom is 0.305 e. The van der Waals surface area contributed by atoms with E-state index >= 15 is 0 Å². The summed E-state index contributed by atoms with van der Waals surface area (Å²) in [6.45, 7) is 4.93. The van der Waals surface area contributed by atoms with Gasteiger partial charge in [0.15, 0.2) is 0 Å². The van der Waals surface area contributed by atoms with Gasteiger partial charge >= 0.3 is 5.97 Å². The third-order valence-corrected chi connectivity index (χ3v) is 14.8. The maximum atomic E-state index is 12.5. The molecule has 1 amide bonds. The quantitative estimate of drug-likeness (QED) is 0.0321. The summed E-state index contributed by atoms with van der Waals surface area (Å²) in [5.41, 5.74) is 0. The Labute approximate surface area is 431 Å². The molecule has 0 bridgehead atoms. The van der Waals surface area contributed by atoms with E-state index in [0.29, 0.717) is 19.4 Å². The summed E-state index contributed by atoms with van der Waals surface area (Å²) in [5.74, 6) is -0.0520. The Morgan fingerprint density at radius 1 is 0.391 bits per heavy atom. The zero-order valence-corrected chi connectivity index (χ0v) is 46.8. The molecule has 0 aromatic rings. The van der Waals surface area contributed by atoms with Gasteiger partial charge < -0.3 is 20.3 Å². The minimum absolute atomic E-state index is 0.0137. The number of unbranched alkanes of at least 4 members (excludes halogenated alkanes) is 48. The van der Waals surface area contributed by atoms with Gasteiger partial charge in [0.2, 0.25) is 5.91 Å². The number of rotatable bonds is 59. The van der Waals surface area contributed by atoms with Gasteiger partial charge in [-0.15, -0.1) is 0 Å². The molecule has 6 nitrogen and oxygen atoms in total. The number of carbonyl (C=O) groups is 2. The molecule has 0 aliphatic heterocycles. The van der Waals surface area contributed by atoms with Crippen LogP contribution >= 0.6 is 0 Å². The normalized spacial score (nSPS) is 12.6. The maximum absolute atomic E-state index is 12.5. The molecule has 0 radical (unpaired) electrons. The molecule has 0 saturated carbocycles. The van der Waals surface area contributed by atoms with E-state index in [-0.39, 0.29) is 18.5 Å². The molecule has 0 aromatic carbocycles. The average Bonchev–Trinajstić information content (AvgIpc) is 3.35. The predicted octanol–water partition coefficient (Wildman–Crippen LogP) is 19.6. The number of amides is 1. The first-order valence-electron chi connectivity index (χ1n) is 31.5. The van der Waals surface area contributed by atoms with Crippen LogP contribution in [-0.2, 0) is 14.3 Å². The van der Waals surface area contributed by atoms with Gasteiger partial charge in [-0.1, -0.05) is 321 Å². The minimum Gasteiger partial charge on any atom is -0.466 e. The van der Waals surface area contributed by atoms with Gasteiger partial charge in [0.25, 0.3) is 0 Å². The number of esters is 1. The lowest BCUT2D eigenvalue weighted by molar-refractivity contribution is -0.143. The molecule has 410 valence electrons. The molecule has 0 aliphatic rings. The van der Waals surface area contributed by atoms with Crippen LogP contribution in [0.15, 0.2) is 12.2 Å². The first-order valence-corrected chi connectivity index (χ1v) is 31.5. The minimum atomic E-state index is -0.845. The molecule has 2 atom stereocenters. The van der Waals surface area contributed by atoms with Crippen LogP contribution in [0.25, 0.3) is 0 Å². The van der Waals surface area contributed by atoms with Crippen molar-refractivity contribution in [3.8, 4) is 0 Å². The van der Waals surface area contributed by atoms with Gasteiger partial charge in [0.1, 0.15) is 0 Å². The Kier molecular flexibility index (Phi) is 58.0. The van der Waals surface area contributed by atoms with Crippen molar-refractivity contribution in [3.05, 3.63) is 12.2 Å². The van der Waals surface area contributed by atoms with Crippen LogP contribution in [0.2, 0.25) is 0 Å². The fourth-order valence-electron chi connectivity index (χ4n) is 9.99. The molecule has 0 saturated heterocycles. The second-order valence-corrected chi connectivity index (χ2v) is 21.8. The van der Waals surface area contributed by atoms with Crippen LogP contribution in [0.1, 0.15) is 354 Å². The third kappa shape index (κ3) is 55.8. The average molecular weight is 975 g/mol. The lowest BCUT2D eigenvalue weighted by atomic mass is 10.0. The van der Waals surface area contributed by atoms with Gasteiger partial charge in [0.05, 0.1) is 25.4 Å². The first kappa shape index (κ1) is 67.6. The number of hydrogen-bond donors (Lipinski definition) is 3. The van der Waals surface area contributed by atoms with Crippen LogP contribution in [0.4, 0.5) is 0 Å². The van der Waals surface area contributed by atoms with Crippen LogP contribution in [0, 0.1) is 0 Å². The summed E-state index contributed by atoms with van der Waals surface area (Å²) in [6, 6.07) is -0.628. The summed E-state index contributed by atoms with van der Waals surface area (Å²) in [7, 11) is 0. The van der Waals surface area contributed by atoms with E-state index in [4.69, 9.17) is 4.74 Å². The lowest BCUT2D eigenvalue weighted by Crippen LogP contribution is -2.45. The van der Waals surface area contributed by atoms with E-state index < -0.39 is 12.1 Å². The zero-order chi connectivity index (χ0) is 50.0. The second kappa shape index (κ2) is 59.2. The number of ether oxygens (including phenoxy) is 1. The van der Waals surface area contributed by atoms with Crippen molar-refractivity contribution in [3.63, 3.8) is 0 Å². The summed E-state index contributed by atoms with van der Waals surface area (Å²) >= 11 is 0. The highest BCUT2D eigenvalue weighted by molar-refractivity contribution is 5.76. The van der Waals surface area contributed by atoms with Gasteiger partial charge in [-0.05, 0) is 32.1 Å². The van der Waals surface area contributed by atoms with Crippen LogP contribution in [-0.4, -0.2) is 47.4 Å². The molecule has 0 aromatic heterocycles. The SMILES string of the molecule is CCCCCCCCCCCCCCCCCC/C=C/C(O)C(CO)NC(=O)CCCCCCCCCCCCCCCCCCCCCCCOC(=O)CCCCCCCCCCCCCCC. The lowest BCUT2D eigenvalue weighted by Gasteiger charge is -2.20. The Bertz CT molecular complexity index is 1030. The molecule has 0 heterocycles. The number of allylic oxidation sites excluding steroid dienone is 1. The van der Waals surface area contributed by atoms with E-state index in [1.165, 1.54) is 289 Å². The second-order valence-electron chi connectivity index (χ2n) is 21.8. The van der Waals surface area contributed by atoms with Crippen molar-refractivity contribution in [2.45, 2.75) is 366 Å². The van der Waals surface area contributed by atoms with E-state index in [1.807, 2.05) is 6.08 Å². The van der Waals surface area contributed by atoms with Crippen LogP contribution < -0.4 is 5.32 Å². The van der Waals surface area contributed by atoms with Gasteiger partial charge in [-0.3, -0.25) is 9.59 Å². The topological polar surface area (TPSA) is 95.9 Å². The predicted molar refractivity (Wildman–Crippen MR) is 301 cm³/mol. The first-order chi connectivity index (χ1) is 34.0. The molecule has 0 spiro atoms. The highest BCUT2D eigenvalue weighted by Gasteiger charge is 2.18. The van der Waals surface area contributed by atoms with Gasteiger partial charge in [-0.25, -0.2) is 0 Å². The Balaban J connectivity index is 3.40. The molecule has 0 aliphatic carbocycles. The Morgan fingerprint density at radius 3 is 0.986 bits per heavy atom. The molecular weight excluding hydrogens is 851 g/mol. The van der Waals surface area contributed by atoms with Crippen LogP contribution in [0.5, 0.6) is 0 Å². The van der Waals surface area contributed by atoms with Crippen molar-refractivity contribution in [2.24, 2.45) is 0 Å². The van der Waals surface area contributed by atoms with Crippen molar-refractivity contribution < 1.29 is 24.5 Å². The fraction of sp³-hybridized carbons (Fsp3) is 0.937. The molecule has 6 heteroatoms. The van der Waals surface area contributed by atoms with Crippen LogP contribution in [0.3, 0.4) is 0 Å². The molecule has 2 unspecified atom stereocenters. The Hall–Kier alpha value is -1.40. The largest absolute Gasteiger partial charge is 0.466 e. The van der Waals surface area contributed by atoms with E-state index in [0.717, 1.165) is 38.5 Å². The molecule has 0 fully saturated rings. The number of aliphatic hydroxyl groups excluding tert-OH is 2. The van der Waals surface area contributed by atoms with Gasteiger partial charge in [-0.2, -0.15) is 0 Å². The van der Waals surface area contributed by atoms with Crippen molar-refractivity contribution >= 4 is 11.9 Å². The van der Waals surface area contributed by atoms with Crippen molar-refractivity contribution in [2.75, 3.05) is 13.2 Å². The van der Waals surface area contributed by atoms with E-state index in [1.54, 1.807) is 6.08 Å². The zero-order valence-electron chi connectivity index (χ0n) is 46.8. The molecule has 0 rings (SSSR count). The fourth-order valence-corrected chi connectivity index (χ4v) is 9.99. The standard InChI is InChI=1S/C63H123NO5/c1-3-5-7-9-11-13-15-17-18-19-25-28-32-35-39-43-47-51-55-61(66)60(59-65)64-62(67)56-52-48-44-40-36-33-29-26-23-21-20-22-24-27-30-34-38-42-46-50-54-58-69-63(68)57-53-49-45-41-37-31-16-14-12-10-8-6-4-2/h51,55,60-61,65-66H,3-50,52-54,56-59H2,1-2H3,(H,64,67)/b55-51+. The highest BCUT2D eigenvalue weighted by Crippen LogP contribution is 2.18. The van der Waals surface area contributed by atoms with Crippen molar-refractivity contribution in [1.82, 2.24) is 5.32 Å². The number of hydrogen-bond acceptors (Lipinski definition) is 5.